The first-order chi connectivity index (χ1) is 9.99. The summed E-state index contributed by atoms with van der Waals surface area (Å²) >= 11 is 0. The highest BCUT2D eigenvalue weighted by Gasteiger charge is 2.35. The number of nitrogens with zero attached hydrogens (tertiary/aromatic N) is 4. The Morgan fingerprint density at radius 2 is 1.95 bits per heavy atom. The van der Waals surface area contributed by atoms with Crippen LogP contribution >= 0.6 is 0 Å². The molecule has 0 amide bonds. The van der Waals surface area contributed by atoms with Crippen molar-refractivity contribution in [2.45, 2.75) is 31.9 Å². The number of aryl methyl sites for hydroxylation is 1. The van der Waals surface area contributed by atoms with Crippen molar-refractivity contribution in [3.63, 3.8) is 0 Å². The van der Waals surface area contributed by atoms with Gasteiger partial charge in [0, 0.05) is 11.8 Å². The third kappa shape index (κ3) is 2.56. The van der Waals surface area contributed by atoms with Gasteiger partial charge in [-0.1, -0.05) is 0 Å². The summed E-state index contributed by atoms with van der Waals surface area (Å²) in [5, 5.41) is 0. The molecule has 0 aromatic carbocycles. The fraction of sp³-hybridized carbons (Fsp3) is 0.417. The molecular weight excluding hydrogens is 285 g/mol. The molecule has 0 bridgehead atoms. The predicted molar refractivity (Wildman–Crippen MR) is 68.6 cm³/mol. The Labute approximate surface area is 118 Å². The maximum absolute atomic E-state index is 12.8. The summed E-state index contributed by atoms with van der Waals surface area (Å²) in [6, 6.07) is 1.37. The number of hydrogen-bond acceptors (Lipinski definition) is 5. The van der Waals surface area contributed by atoms with Gasteiger partial charge in [0.25, 0.3) is 0 Å². The lowest BCUT2D eigenvalue weighted by Gasteiger charge is -2.15. The van der Waals surface area contributed by atoms with Crippen LogP contribution in [0.25, 0.3) is 5.82 Å². The van der Waals surface area contributed by atoms with Crippen molar-refractivity contribution in [1.29, 1.82) is 0 Å². The minimum Gasteiger partial charge on any atom is -0.308 e. The van der Waals surface area contributed by atoms with E-state index in [1.165, 1.54) is 12.4 Å². The zero-order valence-corrected chi connectivity index (χ0v) is 11.0. The molecule has 6 nitrogen and oxygen atoms in total. The Kier molecular flexibility index (Phi) is 3.28. The fourth-order valence-electron chi connectivity index (χ4n) is 2.43. The second-order valence-corrected chi connectivity index (χ2v) is 4.79. The highest BCUT2D eigenvalue weighted by Crippen LogP contribution is 2.29. The van der Waals surface area contributed by atoms with E-state index in [0.717, 1.165) is 37.1 Å². The van der Waals surface area contributed by atoms with Gasteiger partial charge >= 0.3 is 6.18 Å². The Morgan fingerprint density at radius 1 is 1.19 bits per heavy atom. The molecule has 21 heavy (non-hydrogen) atoms. The molecule has 0 unspecified atom stereocenters. The molecular formula is C12H13F3N6. The van der Waals surface area contributed by atoms with Gasteiger partial charge in [-0.15, -0.1) is 0 Å². The number of aromatic nitrogens is 4. The molecule has 0 spiro atoms. The predicted octanol–water partition coefficient (Wildman–Crippen LogP) is 1.85. The molecule has 2 heterocycles. The largest absolute Gasteiger partial charge is 0.451 e. The Balaban J connectivity index is 2.12. The first-order valence-electron chi connectivity index (χ1n) is 6.47. The smallest absolute Gasteiger partial charge is 0.308 e. The normalized spacial score (nSPS) is 14.9. The lowest BCUT2D eigenvalue weighted by Crippen LogP contribution is -2.18. The highest BCUT2D eigenvalue weighted by atomic mass is 19.4. The molecule has 0 fully saturated rings. The number of rotatable bonds is 2. The van der Waals surface area contributed by atoms with Gasteiger partial charge in [0.1, 0.15) is 18.0 Å². The number of hydrazine groups is 1. The van der Waals surface area contributed by atoms with E-state index in [0.29, 0.717) is 0 Å². The molecule has 9 heteroatoms. The summed E-state index contributed by atoms with van der Waals surface area (Å²) in [4.78, 5) is 11.2. The van der Waals surface area contributed by atoms with Gasteiger partial charge in [-0.25, -0.2) is 20.8 Å². The third-order valence-corrected chi connectivity index (χ3v) is 3.39. The van der Waals surface area contributed by atoms with Crippen LogP contribution in [-0.2, 0) is 19.0 Å². The summed E-state index contributed by atoms with van der Waals surface area (Å²) in [6.45, 7) is 0. The van der Waals surface area contributed by atoms with Gasteiger partial charge in [-0.3, -0.25) is 4.57 Å². The summed E-state index contributed by atoms with van der Waals surface area (Å²) in [5.41, 5.74) is 3.95. The second-order valence-electron chi connectivity index (χ2n) is 4.79. The summed E-state index contributed by atoms with van der Waals surface area (Å²) < 4.78 is 40.1. The van der Waals surface area contributed by atoms with E-state index in [-0.39, 0.29) is 11.6 Å². The van der Waals surface area contributed by atoms with Gasteiger partial charge in [0.05, 0.1) is 5.69 Å². The highest BCUT2D eigenvalue weighted by molar-refractivity contribution is 5.42. The van der Waals surface area contributed by atoms with Crippen molar-refractivity contribution in [3.05, 3.63) is 29.6 Å². The number of imidazole rings is 1. The van der Waals surface area contributed by atoms with E-state index in [2.05, 4.69) is 20.4 Å². The van der Waals surface area contributed by atoms with Gasteiger partial charge < -0.3 is 5.43 Å². The van der Waals surface area contributed by atoms with Crippen molar-refractivity contribution < 1.29 is 13.2 Å². The minimum atomic E-state index is -4.64. The van der Waals surface area contributed by atoms with Gasteiger partial charge in [-0.2, -0.15) is 13.2 Å². The molecule has 0 aliphatic heterocycles. The summed E-state index contributed by atoms with van der Waals surface area (Å²) in [7, 11) is 0. The average molecular weight is 298 g/mol. The molecule has 0 saturated heterocycles. The van der Waals surface area contributed by atoms with E-state index >= 15 is 0 Å². The van der Waals surface area contributed by atoms with Crippen molar-refractivity contribution >= 4 is 5.82 Å². The number of anilines is 1. The lowest BCUT2D eigenvalue weighted by molar-refractivity contribution is -0.144. The van der Waals surface area contributed by atoms with Gasteiger partial charge in [-0.05, 0) is 25.7 Å². The van der Waals surface area contributed by atoms with Crippen molar-refractivity contribution in [3.8, 4) is 5.82 Å². The third-order valence-electron chi connectivity index (χ3n) is 3.39. The second kappa shape index (κ2) is 4.99. The van der Waals surface area contributed by atoms with E-state index in [4.69, 9.17) is 5.84 Å². The van der Waals surface area contributed by atoms with Crippen LogP contribution < -0.4 is 11.3 Å². The lowest BCUT2D eigenvalue weighted by atomic mass is 10.0. The number of nitrogens with two attached hydrogens (primary N) is 1. The number of fused-ring (bicyclic) bond motifs is 1. The maximum atomic E-state index is 12.8. The van der Waals surface area contributed by atoms with E-state index in [1.807, 2.05) is 0 Å². The maximum Gasteiger partial charge on any atom is 0.451 e. The molecule has 2 aromatic rings. The number of halogens is 3. The monoisotopic (exact) mass is 298 g/mol. The molecule has 3 rings (SSSR count). The Bertz CT molecular complexity index is 663. The van der Waals surface area contributed by atoms with Gasteiger partial charge in [0.2, 0.25) is 5.82 Å². The molecule has 1 aliphatic rings. The SMILES string of the molecule is NNc1cc(-n2cnc3c2CCCC3)nc(C(F)(F)F)n1. The zero-order valence-electron chi connectivity index (χ0n) is 11.0. The molecule has 0 saturated carbocycles. The van der Waals surface area contributed by atoms with Crippen molar-refractivity contribution in [1.82, 2.24) is 19.5 Å². The minimum absolute atomic E-state index is 0.0921. The molecule has 3 N–H and O–H groups in total. The molecule has 2 aromatic heterocycles. The van der Waals surface area contributed by atoms with E-state index in [1.54, 1.807) is 4.57 Å². The first-order valence-corrected chi connectivity index (χ1v) is 6.47. The topological polar surface area (TPSA) is 81.6 Å². The van der Waals surface area contributed by atoms with Crippen LogP contribution in [0.4, 0.5) is 19.0 Å². The summed E-state index contributed by atoms with van der Waals surface area (Å²) in [6.07, 6.45) is 0.490. The molecule has 0 atom stereocenters. The van der Waals surface area contributed by atoms with Crippen LogP contribution in [0, 0.1) is 0 Å². The number of hydrogen-bond donors (Lipinski definition) is 2. The quantitative estimate of drug-likeness (QED) is 0.653. The Morgan fingerprint density at radius 3 is 2.67 bits per heavy atom. The Hall–Kier alpha value is -2.16. The van der Waals surface area contributed by atoms with E-state index in [9.17, 15) is 13.2 Å². The summed E-state index contributed by atoms with van der Waals surface area (Å²) in [5.74, 6) is 3.98. The fourth-order valence-corrected chi connectivity index (χ4v) is 2.43. The standard InChI is InChI=1S/C12H13F3N6/c13-12(14,15)11-18-9(20-16)5-10(19-11)21-6-17-7-3-1-2-4-8(7)21/h5-6H,1-4,16H2,(H,18,19,20). The van der Waals surface area contributed by atoms with Crippen LogP contribution in [0.15, 0.2) is 12.4 Å². The number of nitrogens with one attached hydrogen (secondary N) is 1. The van der Waals surface area contributed by atoms with Crippen molar-refractivity contribution in [2.75, 3.05) is 5.43 Å². The first kappa shape index (κ1) is 13.8. The number of alkyl halides is 3. The molecule has 112 valence electrons. The number of nitrogen functional groups attached to an aromatic ring is 1. The zero-order chi connectivity index (χ0) is 15.0. The van der Waals surface area contributed by atoms with Gasteiger partial charge in [0.15, 0.2) is 0 Å². The molecule has 0 radical (unpaired) electrons. The van der Waals surface area contributed by atoms with Crippen LogP contribution in [0.2, 0.25) is 0 Å². The average Bonchev–Trinajstić information content (AvgIpc) is 2.89. The van der Waals surface area contributed by atoms with Crippen molar-refractivity contribution in [2.24, 2.45) is 5.84 Å². The van der Waals surface area contributed by atoms with Crippen LogP contribution in [0.1, 0.15) is 30.1 Å². The van der Waals surface area contributed by atoms with E-state index < -0.39 is 12.0 Å². The molecule has 1 aliphatic carbocycles. The van der Waals surface area contributed by atoms with Crippen LogP contribution in [-0.4, -0.2) is 19.5 Å². The van der Waals surface area contributed by atoms with Crippen LogP contribution in [0.3, 0.4) is 0 Å². The van der Waals surface area contributed by atoms with Crippen LogP contribution in [0.5, 0.6) is 0 Å².